The first-order valence-corrected chi connectivity index (χ1v) is 10.1. The average molecular weight is 391 g/mol. The molecule has 7 heteroatoms. The van der Waals surface area contributed by atoms with Crippen molar-refractivity contribution >= 4 is 13.1 Å². The van der Waals surface area contributed by atoms with Gasteiger partial charge in [0.25, 0.3) is 0 Å². The monoisotopic (exact) mass is 391 g/mol. The van der Waals surface area contributed by atoms with Crippen molar-refractivity contribution in [3.8, 4) is 5.88 Å². The number of nitrogens with zero attached hydrogens (tertiary/aromatic N) is 1. The third-order valence-corrected chi connectivity index (χ3v) is 5.80. The fourth-order valence-corrected chi connectivity index (χ4v) is 3.12. The largest absolute Gasteiger partial charge is 0.465 e. The number of aryl methyl sites for hydroxylation is 1. The smallest absolute Gasteiger partial charge is 0.462 e. The molecule has 0 atom stereocenters. The third kappa shape index (κ3) is 5.06. The minimum atomic E-state index is -0.369. The van der Waals surface area contributed by atoms with Gasteiger partial charge in [0.1, 0.15) is 0 Å². The maximum atomic E-state index is 11.8. The number of hydrogen-bond acceptors (Lipinski definition) is 6. The Hall–Kier alpha value is -1.60. The number of esters is 1. The van der Waals surface area contributed by atoms with Gasteiger partial charge >= 0.3 is 13.1 Å². The van der Waals surface area contributed by atoms with Crippen LogP contribution in [0.5, 0.6) is 5.88 Å². The first-order chi connectivity index (χ1) is 13.0. The van der Waals surface area contributed by atoms with Crippen LogP contribution in [0.15, 0.2) is 0 Å². The summed E-state index contributed by atoms with van der Waals surface area (Å²) in [7, 11) is -0.316. The number of unbranched alkanes of at least 4 members (excludes halogenated alkanes) is 1. The molecule has 1 aliphatic rings. The third-order valence-electron chi connectivity index (χ3n) is 5.80. The molecule has 1 aromatic heterocycles. The molecular weight excluding hydrogens is 357 g/mol. The first kappa shape index (κ1) is 22.7. The summed E-state index contributed by atoms with van der Waals surface area (Å²) in [6.45, 7) is 16.5. The second-order valence-corrected chi connectivity index (χ2v) is 8.48. The Morgan fingerprint density at radius 3 is 2.25 bits per heavy atom. The van der Waals surface area contributed by atoms with E-state index in [1.165, 1.54) is 0 Å². The van der Waals surface area contributed by atoms with Gasteiger partial charge in [0.05, 0.1) is 17.8 Å². The summed E-state index contributed by atoms with van der Waals surface area (Å²) in [5.41, 5.74) is 3.22. The molecule has 0 aromatic carbocycles. The molecule has 0 spiro atoms. The van der Waals surface area contributed by atoms with E-state index in [9.17, 15) is 4.79 Å². The van der Waals surface area contributed by atoms with Crippen molar-refractivity contribution in [3.63, 3.8) is 0 Å². The Bertz CT molecular complexity index is 701. The van der Waals surface area contributed by atoms with E-state index >= 15 is 0 Å². The van der Waals surface area contributed by atoms with Crippen LogP contribution in [0.1, 0.15) is 69.8 Å². The maximum Gasteiger partial charge on any atom is 0.462 e. The van der Waals surface area contributed by atoms with Crippen LogP contribution in [-0.2, 0) is 25.2 Å². The predicted molar refractivity (Wildman–Crippen MR) is 110 cm³/mol. The molecule has 0 saturated carbocycles. The number of hydrogen-bond donors (Lipinski definition) is 0. The number of pyridine rings is 1. The minimum Gasteiger partial charge on any atom is -0.465 e. The number of rotatable bonds is 8. The molecule has 2 heterocycles. The van der Waals surface area contributed by atoms with E-state index in [4.69, 9.17) is 18.8 Å². The summed E-state index contributed by atoms with van der Waals surface area (Å²) in [6, 6.07) is 0. The molecule has 156 valence electrons. The van der Waals surface area contributed by atoms with Crippen molar-refractivity contribution in [2.45, 2.75) is 85.8 Å². The van der Waals surface area contributed by atoms with E-state index in [0.717, 1.165) is 35.2 Å². The lowest BCUT2D eigenvalue weighted by molar-refractivity contribution is -0.146. The zero-order valence-electron chi connectivity index (χ0n) is 18.6. The van der Waals surface area contributed by atoms with Crippen LogP contribution in [0.4, 0.5) is 0 Å². The van der Waals surface area contributed by atoms with Crippen molar-refractivity contribution in [3.05, 3.63) is 22.4 Å². The van der Waals surface area contributed by atoms with Crippen LogP contribution in [-0.4, -0.2) is 42.5 Å². The quantitative estimate of drug-likeness (QED) is 0.380. The molecule has 0 unspecified atom stereocenters. The highest BCUT2D eigenvalue weighted by molar-refractivity contribution is 6.45. The summed E-state index contributed by atoms with van der Waals surface area (Å²) in [5, 5.41) is 0. The Kier molecular flexibility index (Phi) is 7.15. The van der Waals surface area contributed by atoms with E-state index in [-0.39, 0.29) is 30.9 Å². The number of ether oxygens (including phenoxy) is 2. The van der Waals surface area contributed by atoms with Crippen LogP contribution in [0.2, 0.25) is 0 Å². The van der Waals surface area contributed by atoms with Gasteiger partial charge < -0.3 is 18.8 Å². The number of aromatic nitrogens is 1. The molecule has 6 nitrogen and oxygen atoms in total. The lowest BCUT2D eigenvalue weighted by atomic mass is 9.78. The number of carbonyl (C=O) groups is 1. The van der Waals surface area contributed by atoms with Gasteiger partial charge in [-0.05, 0) is 66.0 Å². The normalized spacial score (nSPS) is 17.6. The highest BCUT2D eigenvalue weighted by Crippen LogP contribution is 2.38. The van der Waals surface area contributed by atoms with Crippen molar-refractivity contribution in [1.29, 1.82) is 0 Å². The lowest BCUT2D eigenvalue weighted by Crippen LogP contribution is -2.41. The molecule has 0 aliphatic carbocycles. The fraction of sp³-hybridized carbons (Fsp3) is 0.714. The van der Waals surface area contributed by atoms with Crippen LogP contribution in [0, 0.1) is 20.8 Å². The molecule has 0 bridgehead atoms. The number of carbonyl (C=O) groups excluding carboxylic acids is 1. The fourth-order valence-electron chi connectivity index (χ4n) is 3.12. The highest BCUT2D eigenvalue weighted by Gasteiger charge is 2.51. The maximum absolute atomic E-state index is 11.8. The topological polar surface area (TPSA) is 66.9 Å². The van der Waals surface area contributed by atoms with E-state index in [1.54, 1.807) is 0 Å². The van der Waals surface area contributed by atoms with Crippen molar-refractivity contribution in [2.75, 3.05) is 13.2 Å². The zero-order valence-corrected chi connectivity index (χ0v) is 18.6. The van der Waals surface area contributed by atoms with Crippen molar-refractivity contribution in [2.24, 2.45) is 0 Å². The van der Waals surface area contributed by atoms with E-state index < -0.39 is 0 Å². The molecular formula is C21H34BNO5. The molecule has 1 aliphatic heterocycles. The second-order valence-electron chi connectivity index (χ2n) is 8.48. The van der Waals surface area contributed by atoms with E-state index in [1.807, 2.05) is 55.4 Å². The van der Waals surface area contributed by atoms with Crippen LogP contribution in [0.3, 0.4) is 0 Å². The highest BCUT2D eigenvalue weighted by atomic mass is 16.7. The van der Waals surface area contributed by atoms with E-state index in [0.29, 0.717) is 18.8 Å². The summed E-state index contributed by atoms with van der Waals surface area (Å²) in [5.74, 6) is 0.103. The van der Waals surface area contributed by atoms with Gasteiger partial charge in [-0.3, -0.25) is 0 Å². The van der Waals surface area contributed by atoms with Gasteiger partial charge in [-0.2, -0.15) is 0 Å². The van der Waals surface area contributed by atoms with Crippen molar-refractivity contribution in [1.82, 2.24) is 4.98 Å². The van der Waals surface area contributed by atoms with Crippen LogP contribution < -0.4 is 4.74 Å². The second kappa shape index (κ2) is 8.83. The summed E-state index contributed by atoms with van der Waals surface area (Å²) >= 11 is 0. The summed E-state index contributed by atoms with van der Waals surface area (Å²) in [4.78, 5) is 16.4. The van der Waals surface area contributed by atoms with Gasteiger partial charge in [0, 0.05) is 17.6 Å². The van der Waals surface area contributed by atoms with Crippen LogP contribution >= 0.6 is 0 Å². The first-order valence-electron chi connectivity index (χ1n) is 10.1. The van der Waals surface area contributed by atoms with E-state index in [2.05, 4.69) is 4.98 Å². The van der Waals surface area contributed by atoms with Gasteiger partial charge in [0.15, 0.2) is 6.61 Å². The summed E-state index contributed by atoms with van der Waals surface area (Å²) in [6.07, 6.45) is 2.46. The molecule has 1 aromatic rings. The Morgan fingerprint density at radius 1 is 1.07 bits per heavy atom. The average Bonchev–Trinajstić information content (AvgIpc) is 2.80. The predicted octanol–water partition coefficient (Wildman–Crippen LogP) is 3.90. The molecule has 1 fully saturated rings. The zero-order chi connectivity index (χ0) is 21.1. The van der Waals surface area contributed by atoms with Gasteiger partial charge in [0.2, 0.25) is 5.88 Å². The molecule has 2 rings (SSSR count). The molecule has 1 saturated heterocycles. The lowest BCUT2D eigenvalue weighted by Gasteiger charge is -2.32. The Labute approximate surface area is 169 Å². The standard InChI is InChI=1S/C21H34BNO5/c1-9-10-11-25-18(24)13-26-19-15(3)14(2)17(16(4)23-19)12-22-27-20(5,6)21(7,8)28-22/h9-13H2,1-8H3. The Morgan fingerprint density at radius 2 is 1.68 bits per heavy atom. The molecule has 0 amide bonds. The Balaban J connectivity index is 2.07. The minimum absolute atomic E-state index is 0.132. The van der Waals surface area contributed by atoms with Crippen LogP contribution in [0.25, 0.3) is 0 Å². The summed E-state index contributed by atoms with van der Waals surface area (Å²) < 4.78 is 23.0. The molecule has 0 radical (unpaired) electrons. The molecule has 0 N–H and O–H groups in total. The van der Waals surface area contributed by atoms with Crippen molar-refractivity contribution < 1.29 is 23.6 Å². The SMILES string of the molecule is CCCCOC(=O)COc1nc(C)c(CB2OC(C)(C)C(C)(C)O2)c(C)c1C. The van der Waals surface area contributed by atoms with Gasteiger partial charge in [-0.15, -0.1) is 0 Å². The molecule has 28 heavy (non-hydrogen) atoms. The van der Waals surface area contributed by atoms with Gasteiger partial charge in [-0.1, -0.05) is 13.3 Å². The van der Waals surface area contributed by atoms with Gasteiger partial charge in [-0.25, -0.2) is 9.78 Å².